The first-order valence-electron chi connectivity index (χ1n) is 11.4. The maximum absolute atomic E-state index is 12.5. The second kappa shape index (κ2) is 10.2. The Morgan fingerprint density at radius 1 is 1.19 bits per heavy atom. The van der Waals surface area contributed by atoms with E-state index < -0.39 is 0 Å². The van der Waals surface area contributed by atoms with Crippen molar-refractivity contribution in [1.82, 2.24) is 15.2 Å². The molecule has 0 saturated carbocycles. The lowest BCUT2D eigenvalue weighted by Crippen LogP contribution is -2.40. The van der Waals surface area contributed by atoms with Gasteiger partial charge in [-0.25, -0.2) is 4.98 Å². The van der Waals surface area contributed by atoms with Gasteiger partial charge in [-0.3, -0.25) is 4.79 Å². The molecule has 2 aromatic carbocycles. The number of thiazole rings is 1. The highest BCUT2D eigenvalue weighted by atomic mass is 32.1. The van der Waals surface area contributed by atoms with E-state index in [1.807, 2.05) is 36.4 Å². The van der Waals surface area contributed by atoms with Gasteiger partial charge in [0, 0.05) is 23.0 Å². The quantitative estimate of drug-likeness (QED) is 0.479. The number of nitrogen functional groups attached to an aromatic ring is 1. The fourth-order valence-corrected chi connectivity index (χ4v) is 5.48. The summed E-state index contributed by atoms with van der Waals surface area (Å²) >= 11 is 1.66. The van der Waals surface area contributed by atoms with Gasteiger partial charge >= 0.3 is 0 Å². The first kappa shape index (κ1) is 21.8. The zero-order valence-corrected chi connectivity index (χ0v) is 19.1. The van der Waals surface area contributed by atoms with Crippen molar-refractivity contribution in [3.05, 3.63) is 58.6 Å². The van der Waals surface area contributed by atoms with E-state index in [1.54, 1.807) is 11.3 Å². The molecule has 5 nitrogen and oxygen atoms in total. The van der Waals surface area contributed by atoms with Gasteiger partial charge in [-0.05, 0) is 74.5 Å². The van der Waals surface area contributed by atoms with Crippen molar-refractivity contribution in [1.29, 1.82) is 0 Å². The number of carbonyl (C=O) groups is 1. The van der Waals surface area contributed by atoms with Crippen LogP contribution in [0.15, 0.2) is 42.5 Å². The van der Waals surface area contributed by atoms with E-state index in [9.17, 15) is 4.79 Å². The van der Waals surface area contributed by atoms with Crippen LogP contribution in [0.4, 0.5) is 5.13 Å². The number of rotatable bonds is 9. The normalized spacial score (nSPS) is 15.9. The number of hydrogen-bond acceptors (Lipinski definition) is 5. The Morgan fingerprint density at radius 3 is 2.87 bits per heavy atom. The summed E-state index contributed by atoms with van der Waals surface area (Å²) in [6.45, 7) is 5.16. The lowest BCUT2D eigenvalue weighted by atomic mass is 9.96. The number of aryl methyl sites for hydroxylation is 1. The molecule has 3 N–H and O–H groups in total. The van der Waals surface area contributed by atoms with Crippen molar-refractivity contribution in [2.24, 2.45) is 0 Å². The van der Waals surface area contributed by atoms with E-state index in [1.165, 1.54) is 10.6 Å². The summed E-state index contributed by atoms with van der Waals surface area (Å²) in [4.78, 5) is 21.0. The highest BCUT2D eigenvalue weighted by Gasteiger charge is 2.26. The van der Waals surface area contributed by atoms with Crippen LogP contribution in [0.25, 0.3) is 10.8 Å². The van der Waals surface area contributed by atoms with Gasteiger partial charge in [0.25, 0.3) is 5.91 Å². The molecule has 0 saturated heterocycles. The van der Waals surface area contributed by atoms with Crippen molar-refractivity contribution in [2.75, 3.05) is 25.4 Å². The second-order valence-electron chi connectivity index (χ2n) is 8.38. The average molecular weight is 437 g/mol. The van der Waals surface area contributed by atoms with Gasteiger partial charge < -0.3 is 16.0 Å². The topological polar surface area (TPSA) is 71.2 Å². The molecule has 1 heterocycles. The van der Waals surface area contributed by atoms with Gasteiger partial charge in [0.15, 0.2) is 5.13 Å². The molecule has 1 aromatic heterocycles. The number of hydrogen-bond donors (Lipinski definition) is 2. The Balaban J connectivity index is 1.23. The Kier molecular flexibility index (Phi) is 7.20. The lowest BCUT2D eigenvalue weighted by molar-refractivity contribution is 0.0952. The Hall–Kier alpha value is -2.44. The summed E-state index contributed by atoms with van der Waals surface area (Å²) in [6.07, 6.45) is 6.51. The lowest BCUT2D eigenvalue weighted by Gasteiger charge is -2.33. The number of nitrogens with zero attached hydrogens (tertiary/aromatic N) is 2. The monoisotopic (exact) mass is 436 g/mol. The van der Waals surface area contributed by atoms with Crippen LogP contribution in [0.1, 0.15) is 53.5 Å². The second-order valence-corrected chi connectivity index (χ2v) is 9.49. The molecule has 3 aromatic rings. The molecule has 1 aliphatic rings. The van der Waals surface area contributed by atoms with Crippen LogP contribution in [0, 0.1) is 0 Å². The number of unbranched alkanes of at least 4 members (excludes halogenated alkanes) is 1. The average Bonchev–Trinajstić information content (AvgIpc) is 3.16. The number of nitrogens with one attached hydrogen (secondary N) is 1. The molecule has 0 unspecified atom stereocenters. The zero-order chi connectivity index (χ0) is 21.6. The van der Waals surface area contributed by atoms with Crippen LogP contribution in [-0.4, -0.2) is 41.5 Å². The third kappa shape index (κ3) is 5.43. The smallest absolute Gasteiger partial charge is 0.251 e. The molecule has 31 heavy (non-hydrogen) atoms. The minimum atomic E-state index is 0.0127. The summed E-state index contributed by atoms with van der Waals surface area (Å²) in [5, 5.41) is 6.05. The number of carbonyl (C=O) groups excluding carboxylic acids is 1. The molecule has 0 spiro atoms. The Bertz CT molecular complexity index is 1030. The molecule has 0 fully saturated rings. The van der Waals surface area contributed by atoms with E-state index in [-0.39, 0.29) is 5.91 Å². The van der Waals surface area contributed by atoms with Crippen LogP contribution in [0.5, 0.6) is 0 Å². The maximum atomic E-state index is 12.5. The molecule has 1 aliphatic carbocycles. The molecule has 0 bridgehead atoms. The highest BCUT2D eigenvalue weighted by Crippen LogP contribution is 2.30. The number of anilines is 1. The van der Waals surface area contributed by atoms with Gasteiger partial charge in [0.1, 0.15) is 0 Å². The summed E-state index contributed by atoms with van der Waals surface area (Å²) in [6, 6.07) is 14.6. The minimum absolute atomic E-state index is 0.0127. The van der Waals surface area contributed by atoms with Crippen LogP contribution in [-0.2, 0) is 12.8 Å². The summed E-state index contributed by atoms with van der Waals surface area (Å²) < 4.78 is 0. The van der Waals surface area contributed by atoms with E-state index in [2.05, 4.69) is 28.2 Å². The minimum Gasteiger partial charge on any atom is -0.375 e. The van der Waals surface area contributed by atoms with Gasteiger partial charge in [-0.15, -0.1) is 11.3 Å². The molecule has 0 aliphatic heterocycles. The van der Waals surface area contributed by atoms with Gasteiger partial charge in [0.2, 0.25) is 0 Å². The fraction of sp³-hybridized carbons (Fsp3) is 0.440. The predicted molar refractivity (Wildman–Crippen MR) is 130 cm³/mol. The molecule has 6 heteroatoms. The first-order valence-corrected chi connectivity index (χ1v) is 12.2. The molecular formula is C25H32N4OS. The number of aromatic nitrogens is 1. The molecule has 164 valence electrons. The molecule has 0 radical (unpaired) electrons. The van der Waals surface area contributed by atoms with Crippen LogP contribution in [0.2, 0.25) is 0 Å². The van der Waals surface area contributed by atoms with Crippen molar-refractivity contribution in [2.45, 2.75) is 51.5 Å². The van der Waals surface area contributed by atoms with Crippen molar-refractivity contribution < 1.29 is 4.79 Å². The third-order valence-corrected chi connectivity index (χ3v) is 7.08. The Labute approximate surface area is 188 Å². The van der Waals surface area contributed by atoms with E-state index in [4.69, 9.17) is 5.73 Å². The highest BCUT2D eigenvalue weighted by molar-refractivity contribution is 7.15. The standard InChI is InChI=1S/C25H32N4OS/c1-2-14-29(21-11-12-22-23(17-21)31-25(26)28-22)15-6-5-13-27-24(30)20-10-9-18-7-3-4-8-19(18)16-20/h3-4,7-10,16,21H,2,5-6,11-15,17H2,1H3,(H2,26,28)(H,27,30)/t21-/m0/s1. The molecule has 1 atom stereocenters. The third-order valence-electron chi connectivity index (χ3n) is 6.13. The number of benzene rings is 2. The van der Waals surface area contributed by atoms with Gasteiger partial charge in [-0.2, -0.15) is 0 Å². The first-order chi connectivity index (χ1) is 15.1. The largest absolute Gasteiger partial charge is 0.375 e. The fourth-order valence-electron chi connectivity index (χ4n) is 4.53. The van der Waals surface area contributed by atoms with E-state index in [0.717, 1.165) is 68.0 Å². The van der Waals surface area contributed by atoms with Crippen LogP contribution in [0.3, 0.4) is 0 Å². The van der Waals surface area contributed by atoms with Crippen molar-refractivity contribution >= 4 is 33.1 Å². The number of nitrogens with two attached hydrogens (primary N) is 1. The van der Waals surface area contributed by atoms with Crippen molar-refractivity contribution in [3.8, 4) is 0 Å². The van der Waals surface area contributed by atoms with Crippen LogP contribution < -0.4 is 11.1 Å². The molecular weight excluding hydrogens is 404 g/mol. The molecule has 1 amide bonds. The number of amides is 1. The SMILES string of the molecule is CCCN(CCCCNC(=O)c1ccc2ccccc2c1)[C@H]1CCc2nc(N)sc2C1. The summed E-state index contributed by atoms with van der Waals surface area (Å²) in [5.74, 6) is 0.0127. The van der Waals surface area contributed by atoms with Gasteiger partial charge in [0.05, 0.1) is 5.69 Å². The summed E-state index contributed by atoms with van der Waals surface area (Å²) in [5.41, 5.74) is 7.85. The Morgan fingerprint density at radius 2 is 2.03 bits per heavy atom. The maximum Gasteiger partial charge on any atom is 0.251 e. The van der Waals surface area contributed by atoms with Crippen LogP contribution >= 0.6 is 11.3 Å². The van der Waals surface area contributed by atoms with E-state index >= 15 is 0 Å². The predicted octanol–water partition coefficient (Wildman–Crippen LogP) is 4.66. The van der Waals surface area contributed by atoms with Crippen molar-refractivity contribution in [3.63, 3.8) is 0 Å². The molecule has 4 rings (SSSR count). The van der Waals surface area contributed by atoms with E-state index in [0.29, 0.717) is 17.7 Å². The summed E-state index contributed by atoms with van der Waals surface area (Å²) in [7, 11) is 0. The number of fused-ring (bicyclic) bond motifs is 2. The van der Waals surface area contributed by atoms with Gasteiger partial charge in [-0.1, -0.05) is 37.3 Å². The zero-order valence-electron chi connectivity index (χ0n) is 18.3.